The summed E-state index contributed by atoms with van der Waals surface area (Å²) in [6, 6.07) is 16.5. The molecule has 2 heterocycles. The lowest BCUT2D eigenvalue weighted by Gasteiger charge is -2.37. The maximum atomic E-state index is 13.0. The van der Waals surface area contributed by atoms with Crippen LogP contribution in [0.2, 0.25) is 0 Å². The van der Waals surface area contributed by atoms with Crippen LogP contribution in [0.25, 0.3) is 5.69 Å². The van der Waals surface area contributed by atoms with Gasteiger partial charge in [0.15, 0.2) is 0 Å². The average molecular weight is 423 g/mol. The van der Waals surface area contributed by atoms with Gasteiger partial charge in [0.05, 0.1) is 10.9 Å². The number of carbonyl (C=O) groups excluding carboxylic acids is 1. The van der Waals surface area contributed by atoms with E-state index in [1.165, 1.54) is 23.0 Å². The number of carbonyl (C=O) groups is 1. The Hall–Kier alpha value is -2.87. The van der Waals surface area contributed by atoms with Crippen molar-refractivity contribution in [2.24, 2.45) is 0 Å². The number of tetrazole rings is 1. The number of aromatic nitrogens is 4. The van der Waals surface area contributed by atoms with Gasteiger partial charge in [0.2, 0.25) is 11.1 Å². The second kappa shape index (κ2) is 8.87. The maximum Gasteiger partial charge on any atom is 0.236 e. The van der Waals surface area contributed by atoms with Gasteiger partial charge in [-0.15, -0.1) is 5.10 Å². The molecule has 8 heteroatoms. The van der Waals surface area contributed by atoms with Gasteiger partial charge in [0.1, 0.15) is 0 Å². The number of thioether (sulfide) groups is 1. The van der Waals surface area contributed by atoms with Gasteiger partial charge in [0.25, 0.3) is 0 Å². The number of benzene rings is 2. The highest BCUT2D eigenvalue weighted by molar-refractivity contribution is 8.00. The van der Waals surface area contributed by atoms with E-state index in [2.05, 4.69) is 45.5 Å². The molecule has 0 saturated carbocycles. The molecule has 3 aromatic rings. The lowest BCUT2D eigenvalue weighted by Crippen LogP contribution is -2.50. The summed E-state index contributed by atoms with van der Waals surface area (Å²) in [5.41, 5.74) is 4.43. The largest absolute Gasteiger partial charge is 0.368 e. The Bertz CT molecular complexity index is 1010. The van der Waals surface area contributed by atoms with Crippen molar-refractivity contribution in [3.05, 3.63) is 59.7 Å². The van der Waals surface area contributed by atoms with E-state index in [4.69, 9.17) is 0 Å². The van der Waals surface area contributed by atoms with Crippen LogP contribution in [0.3, 0.4) is 0 Å². The first-order valence-corrected chi connectivity index (χ1v) is 11.0. The lowest BCUT2D eigenvalue weighted by atomic mass is 10.1. The molecule has 4 rings (SSSR count). The number of piperazine rings is 1. The maximum absolute atomic E-state index is 13.0. The number of amides is 1. The van der Waals surface area contributed by atoms with E-state index in [-0.39, 0.29) is 11.2 Å². The second-order valence-electron chi connectivity index (χ2n) is 7.57. The minimum Gasteiger partial charge on any atom is -0.368 e. The van der Waals surface area contributed by atoms with Gasteiger partial charge in [-0.3, -0.25) is 4.79 Å². The first-order chi connectivity index (χ1) is 14.5. The fourth-order valence-corrected chi connectivity index (χ4v) is 4.62. The van der Waals surface area contributed by atoms with Crippen molar-refractivity contribution in [3.63, 3.8) is 0 Å². The fraction of sp³-hybridized carbons (Fsp3) is 0.364. The highest BCUT2D eigenvalue weighted by atomic mass is 32.2. The third-order valence-corrected chi connectivity index (χ3v) is 6.38. The van der Waals surface area contributed by atoms with E-state index in [0.717, 1.165) is 37.4 Å². The van der Waals surface area contributed by atoms with Gasteiger partial charge in [-0.05, 0) is 55.0 Å². The van der Waals surface area contributed by atoms with E-state index < -0.39 is 0 Å². The predicted octanol–water partition coefficient (Wildman–Crippen LogP) is 3.11. The second-order valence-corrected chi connectivity index (χ2v) is 8.88. The summed E-state index contributed by atoms with van der Waals surface area (Å²) >= 11 is 1.41. The third-order valence-electron chi connectivity index (χ3n) is 5.36. The number of para-hydroxylation sites is 1. The molecule has 1 amide bonds. The summed E-state index contributed by atoms with van der Waals surface area (Å²) in [6.07, 6.45) is 0. The third kappa shape index (κ3) is 4.33. The van der Waals surface area contributed by atoms with Crippen LogP contribution in [0.1, 0.15) is 18.1 Å². The molecule has 1 atom stereocenters. The Balaban J connectivity index is 1.40. The highest BCUT2D eigenvalue weighted by Gasteiger charge is 2.27. The van der Waals surface area contributed by atoms with E-state index in [0.29, 0.717) is 5.16 Å². The first-order valence-electron chi connectivity index (χ1n) is 10.1. The van der Waals surface area contributed by atoms with Crippen molar-refractivity contribution < 1.29 is 4.79 Å². The van der Waals surface area contributed by atoms with Crippen molar-refractivity contribution in [1.29, 1.82) is 0 Å². The van der Waals surface area contributed by atoms with Crippen LogP contribution in [0, 0.1) is 13.8 Å². The van der Waals surface area contributed by atoms with E-state index in [1.54, 1.807) is 4.68 Å². The Morgan fingerprint density at radius 2 is 1.77 bits per heavy atom. The summed E-state index contributed by atoms with van der Waals surface area (Å²) in [6.45, 7) is 9.16. The van der Waals surface area contributed by atoms with Crippen LogP contribution < -0.4 is 4.90 Å². The molecule has 156 valence electrons. The molecule has 1 fully saturated rings. The zero-order valence-corrected chi connectivity index (χ0v) is 18.3. The van der Waals surface area contributed by atoms with Crippen LogP contribution in [-0.4, -0.2) is 62.4 Å². The quantitative estimate of drug-likeness (QED) is 0.589. The molecule has 1 aliphatic rings. The average Bonchev–Trinajstić information content (AvgIpc) is 3.21. The zero-order chi connectivity index (χ0) is 21.1. The van der Waals surface area contributed by atoms with Gasteiger partial charge in [-0.25, -0.2) is 0 Å². The Morgan fingerprint density at radius 3 is 2.47 bits per heavy atom. The van der Waals surface area contributed by atoms with E-state index >= 15 is 0 Å². The molecule has 1 aromatic heterocycles. The SMILES string of the molecule is Cc1ccc(-n2nnnc2S[C@@H](C)C(=O)N2CCN(c3ccccc3)CC2)c(C)c1. The van der Waals surface area contributed by atoms with E-state index in [9.17, 15) is 4.79 Å². The number of anilines is 1. The number of hydrogen-bond acceptors (Lipinski definition) is 6. The summed E-state index contributed by atoms with van der Waals surface area (Å²) in [7, 11) is 0. The van der Waals surface area contributed by atoms with Crippen LogP contribution in [0.5, 0.6) is 0 Å². The molecular formula is C22H26N6OS. The number of rotatable bonds is 5. The highest BCUT2D eigenvalue weighted by Crippen LogP contribution is 2.26. The Kier molecular flexibility index (Phi) is 6.03. The van der Waals surface area contributed by atoms with Gasteiger partial charge >= 0.3 is 0 Å². The molecule has 0 aliphatic carbocycles. The van der Waals surface area contributed by atoms with E-state index in [1.807, 2.05) is 49.1 Å². The van der Waals surface area contributed by atoms with Crippen LogP contribution >= 0.6 is 11.8 Å². The Morgan fingerprint density at radius 1 is 1.03 bits per heavy atom. The molecule has 0 spiro atoms. The normalized spacial score (nSPS) is 15.3. The van der Waals surface area contributed by atoms with Gasteiger partial charge in [-0.1, -0.05) is 47.7 Å². The van der Waals surface area contributed by atoms with Crippen molar-refractivity contribution >= 4 is 23.4 Å². The predicted molar refractivity (Wildman–Crippen MR) is 119 cm³/mol. The van der Waals surface area contributed by atoms with Crippen molar-refractivity contribution in [2.45, 2.75) is 31.2 Å². The molecular weight excluding hydrogens is 396 g/mol. The number of hydrogen-bond donors (Lipinski definition) is 0. The summed E-state index contributed by atoms with van der Waals surface area (Å²) < 4.78 is 1.72. The van der Waals surface area contributed by atoms with Gasteiger partial charge in [-0.2, -0.15) is 4.68 Å². The number of nitrogens with zero attached hydrogens (tertiary/aromatic N) is 6. The molecule has 1 saturated heterocycles. The zero-order valence-electron chi connectivity index (χ0n) is 17.5. The van der Waals surface area contributed by atoms with Crippen molar-refractivity contribution in [1.82, 2.24) is 25.1 Å². The molecule has 0 bridgehead atoms. The monoisotopic (exact) mass is 422 g/mol. The molecule has 0 N–H and O–H groups in total. The van der Waals surface area contributed by atoms with Crippen LogP contribution in [-0.2, 0) is 4.79 Å². The molecule has 0 radical (unpaired) electrons. The smallest absolute Gasteiger partial charge is 0.236 e. The van der Waals surface area contributed by atoms with Gasteiger partial charge < -0.3 is 9.80 Å². The molecule has 2 aromatic carbocycles. The molecule has 0 unspecified atom stereocenters. The fourth-order valence-electron chi connectivity index (χ4n) is 3.74. The molecule has 7 nitrogen and oxygen atoms in total. The first kappa shape index (κ1) is 20.4. The molecule has 30 heavy (non-hydrogen) atoms. The lowest BCUT2D eigenvalue weighted by molar-refractivity contribution is -0.130. The minimum absolute atomic E-state index is 0.128. The standard InChI is InChI=1S/C22H26N6OS/c1-16-9-10-20(17(2)15-16)28-22(23-24-25-28)30-18(3)21(29)27-13-11-26(12-14-27)19-7-5-4-6-8-19/h4-10,15,18H,11-14H2,1-3H3/t18-/m0/s1. The number of aryl methyl sites for hydroxylation is 2. The summed E-state index contributed by atoms with van der Waals surface area (Å²) in [4.78, 5) is 17.3. The van der Waals surface area contributed by atoms with Gasteiger partial charge in [0, 0.05) is 31.9 Å². The van der Waals surface area contributed by atoms with Crippen molar-refractivity contribution in [2.75, 3.05) is 31.1 Å². The van der Waals surface area contributed by atoms with Crippen molar-refractivity contribution in [3.8, 4) is 5.69 Å². The minimum atomic E-state index is -0.260. The van der Waals surface area contributed by atoms with Crippen LogP contribution in [0.15, 0.2) is 53.7 Å². The molecule has 1 aliphatic heterocycles. The van der Waals surface area contributed by atoms with Crippen LogP contribution in [0.4, 0.5) is 5.69 Å². The summed E-state index contributed by atoms with van der Waals surface area (Å²) in [5.74, 6) is 0.128. The topological polar surface area (TPSA) is 67.2 Å². The summed E-state index contributed by atoms with van der Waals surface area (Å²) in [5, 5.41) is 12.5. The Labute approximate surface area is 181 Å².